The minimum atomic E-state index is -0.306. The summed E-state index contributed by atoms with van der Waals surface area (Å²) in [4.78, 5) is 6.41. The molecule has 3 aromatic rings. The van der Waals surface area contributed by atoms with Gasteiger partial charge in [-0.15, -0.1) is 0 Å². The van der Waals surface area contributed by atoms with E-state index in [-0.39, 0.29) is 5.83 Å². The second kappa shape index (κ2) is 6.57. The monoisotopic (exact) mass is 351 g/mol. The van der Waals surface area contributed by atoms with E-state index in [4.69, 9.17) is 4.74 Å². The summed E-state index contributed by atoms with van der Waals surface area (Å²) in [5.74, 6) is 0.170. The summed E-state index contributed by atoms with van der Waals surface area (Å²) >= 11 is 0. The maximum atomic E-state index is 14.9. The molecule has 26 heavy (non-hydrogen) atoms. The Morgan fingerprint density at radius 2 is 2.12 bits per heavy atom. The summed E-state index contributed by atoms with van der Waals surface area (Å²) < 4.78 is 22.0. The molecule has 0 atom stereocenters. The minimum Gasteiger partial charge on any atom is -0.481 e. The largest absolute Gasteiger partial charge is 0.481 e. The molecule has 4 rings (SSSR count). The molecule has 0 saturated carbocycles. The summed E-state index contributed by atoms with van der Waals surface area (Å²) in [6.07, 6.45) is 4.00. The number of nitrogens with zero attached hydrogens (tertiary/aromatic N) is 3. The smallest absolute Gasteiger partial charge is 0.212 e. The lowest BCUT2D eigenvalue weighted by Crippen LogP contribution is -2.26. The molecular weight excluding hydrogens is 329 g/mol. The van der Waals surface area contributed by atoms with Gasteiger partial charge in [0.2, 0.25) is 5.88 Å². The molecule has 1 aliphatic heterocycles. The molecule has 134 valence electrons. The van der Waals surface area contributed by atoms with Crippen LogP contribution in [0.25, 0.3) is 22.9 Å². The Hall–Kier alpha value is -2.66. The fraction of sp³-hybridized carbons (Fsp3) is 0.286. The lowest BCUT2D eigenvalue weighted by Gasteiger charge is -2.23. The average molecular weight is 351 g/mol. The van der Waals surface area contributed by atoms with Crippen LogP contribution in [-0.2, 0) is 13.0 Å². The Morgan fingerprint density at radius 1 is 1.27 bits per heavy atom. The number of aromatic nitrogens is 2. The molecule has 1 aromatic carbocycles. The number of aryl methyl sites for hydroxylation is 1. The first-order valence-electron chi connectivity index (χ1n) is 8.75. The highest BCUT2D eigenvalue weighted by Gasteiger charge is 2.22. The van der Waals surface area contributed by atoms with E-state index in [1.54, 1.807) is 25.4 Å². The van der Waals surface area contributed by atoms with Crippen LogP contribution in [0.2, 0.25) is 0 Å². The number of halogens is 1. The molecule has 0 amide bonds. The van der Waals surface area contributed by atoms with Gasteiger partial charge in [-0.2, -0.15) is 0 Å². The van der Waals surface area contributed by atoms with Crippen LogP contribution in [0, 0.1) is 6.92 Å². The SMILES string of the molecule is COc1ccc(C(F)=Cn2c3c(c4cc(C)ccc42)CN(C)CC3)cn1. The van der Waals surface area contributed by atoms with Gasteiger partial charge in [0.05, 0.1) is 12.6 Å². The van der Waals surface area contributed by atoms with Crippen LogP contribution < -0.4 is 4.74 Å². The number of methoxy groups -OCH3 is 1. The van der Waals surface area contributed by atoms with Gasteiger partial charge in [0.15, 0.2) is 0 Å². The molecule has 1 aliphatic rings. The van der Waals surface area contributed by atoms with Gasteiger partial charge in [-0.05, 0) is 37.7 Å². The number of rotatable bonds is 3. The third kappa shape index (κ3) is 2.88. The molecule has 5 heteroatoms. The molecule has 0 saturated heterocycles. The van der Waals surface area contributed by atoms with Crippen molar-refractivity contribution in [1.29, 1.82) is 0 Å². The second-order valence-corrected chi connectivity index (χ2v) is 6.87. The molecule has 0 N–H and O–H groups in total. The van der Waals surface area contributed by atoms with E-state index in [0.717, 1.165) is 25.0 Å². The van der Waals surface area contributed by atoms with E-state index in [9.17, 15) is 4.39 Å². The standard InChI is InChI=1S/C21H22FN3O/c1-14-4-6-19-16(10-14)17-12-24(2)9-8-20(17)25(19)13-18(22)15-5-7-21(26-3)23-11-15/h4-7,10-11,13H,8-9,12H2,1-3H3. The lowest BCUT2D eigenvalue weighted by atomic mass is 10.0. The van der Waals surface area contributed by atoms with Gasteiger partial charge in [-0.1, -0.05) is 11.6 Å². The van der Waals surface area contributed by atoms with Crippen LogP contribution in [0.4, 0.5) is 4.39 Å². The Kier molecular flexibility index (Phi) is 4.24. The van der Waals surface area contributed by atoms with Gasteiger partial charge >= 0.3 is 0 Å². The molecule has 0 fully saturated rings. The fourth-order valence-electron chi connectivity index (χ4n) is 3.62. The van der Waals surface area contributed by atoms with Gasteiger partial charge in [0.25, 0.3) is 0 Å². The summed E-state index contributed by atoms with van der Waals surface area (Å²) in [7, 11) is 3.67. The Morgan fingerprint density at radius 3 is 2.85 bits per heavy atom. The lowest BCUT2D eigenvalue weighted by molar-refractivity contribution is 0.312. The van der Waals surface area contributed by atoms with Crippen LogP contribution in [0.3, 0.4) is 0 Å². The zero-order chi connectivity index (χ0) is 18.3. The highest BCUT2D eigenvalue weighted by Crippen LogP contribution is 2.33. The number of pyridine rings is 1. The van der Waals surface area contributed by atoms with Crippen molar-refractivity contribution in [3.63, 3.8) is 0 Å². The number of benzene rings is 1. The van der Waals surface area contributed by atoms with Gasteiger partial charge < -0.3 is 14.2 Å². The number of hydrogen-bond acceptors (Lipinski definition) is 3. The zero-order valence-corrected chi connectivity index (χ0v) is 15.3. The van der Waals surface area contributed by atoms with E-state index in [2.05, 4.69) is 42.1 Å². The van der Waals surface area contributed by atoms with Crippen molar-refractivity contribution in [2.75, 3.05) is 20.7 Å². The van der Waals surface area contributed by atoms with Crippen molar-refractivity contribution in [2.24, 2.45) is 0 Å². The van der Waals surface area contributed by atoms with Gasteiger partial charge in [0, 0.05) is 54.6 Å². The van der Waals surface area contributed by atoms with E-state index in [0.29, 0.717) is 11.4 Å². The highest BCUT2D eigenvalue weighted by atomic mass is 19.1. The van der Waals surface area contributed by atoms with Crippen LogP contribution in [-0.4, -0.2) is 35.2 Å². The maximum Gasteiger partial charge on any atom is 0.212 e. The van der Waals surface area contributed by atoms with E-state index < -0.39 is 0 Å². The number of hydrogen-bond donors (Lipinski definition) is 0. The quantitative estimate of drug-likeness (QED) is 0.706. The van der Waals surface area contributed by atoms with Crippen LogP contribution in [0.5, 0.6) is 5.88 Å². The highest BCUT2D eigenvalue weighted by molar-refractivity contribution is 5.90. The topological polar surface area (TPSA) is 30.3 Å². The summed E-state index contributed by atoms with van der Waals surface area (Å²) in [6, 6.07) is 9.72. The van der Waals surface area contributed by atoms with Crippen LogP contribution >= 0.6 is 0 Å². The van der Waals surface area contributed by atoms with Crippen molar-refractivity contribution in [1.82, 2.24) is 14.5 Å². The Bertz CT molecular complexity index is 989. The Balaban J connectivity index is 1.85. The third-order valence-electron chi connectivity index (χ3n) is 5.00. The first-order valence-corrected chi connectivity index (χ1v) is 8.75. The third-order valence-corrected chi connectivity index (χ3v) is 5.00. The zero-order valence-electron chi connectivity index (χ0n) is 15.3. The first kappa shape index (κ1) is 16.8. The van der Waals surface area contributed by atoms with Crippen molar-refractivity contribution in [3.8, 4) is 5.88 Å². The van der Waals surface area contributed by atoms with Crippen molar-refractivity contribution in [3.05, 3.63) is 58.9 Å². The molecule has 3 heterocycles. The number of likely N-dealkylation sites (N-methyl/N-ethyl adjacent to an activating group) is 1. The molecular formula is C21H22FN3O. The fourth-order valence-corrected chi connectivity index (χ4v) is 3.62. The van der Waals surface area contributed by atoms with Crippen molar-refractivity contribution < 1.29 is 9.13 Å². The van der Waals surface area contributed by atoms with Gasteiger partial charge in [-0.25, -0.2) is 9.37 Å². The predicted molar refractivity (Wildman–Crippen MR) is 103 cm³/mol. The van der Waals surface area contributed by atoms with E-state index >= 15 is 0 Å². The first-order chi connectivity index (χ1) is 12.6. The molecule has 0 radical (unpaired) electrons. The normalized spacial score (nSPS) is 15.3. The van der Waals surface area contributed by atoms with Gasteiger partial charge in [-0.3, -0.25) is 0 Å². The van der Waals surface area contributed by atoms with E-state index in [1.165, 1.54) is 28.4 Å². The van der Waals surface area contributed by atoms with Crippen LogP contribution in [0.15, 0.2) is 36.5 Å². The molecule has 2 aromatic heterocycles. The Labute approximate surface area is 152 Å². The predicted octanol–water partition coefficient (Wildman–Crippen LogP) is 4.27. The van der Waals surface area contributed by atoms with E-state index in [1.807, 2.05) is 4.57 Å². The van der Waals surface area contributed by atoms with Crippen LogP contribution in [0.1, 0.15) is 22.4 Å². The number of fused-ring (bicyclic) bond motifs is 3. The summed E-state index contributed by atoms with van der Waals surface area (Å²) in [6.45, 7) is 3.96. The van der Waals surface area contributed by atoms with Crippen molar-refractivity contribution in [2.45, 2.75) is 19.9 Å². The summed E-state index contributed by atoms with van der Waals surface area (Å²) in [5.41, 5.74) is 5.21. The molecule has 4 nitrogen and oxygen atoms in total. The molecule has 0 spiro atoms. The molecule has 0 aliphatic carbocycles. The minimum absolute atomic E-state index is 0.306. The summed E-state index contributed by atoms with van der Waals surface area (Å²) in [5, 5.41) is 1.21. The second-order valence-electron chi connectivity index (χ2n) is 6.87. The maximum absolute atomic E-state index is 14.9. The van der Waals surface area contributed by atoms with Gasteiger partial charge in [0.1, 0.15) is 5.83 Å². The molecule has 0 bridgehead atoms. The van der Waals surface area contributed by atoms with Crippen molar-refractivity contribution >= 4 is 22.9 Å². The molecule has 0 unspecified atom stereocenters. The number of ether oxygens (including phenoxy) is 1. The average Bonchev–Trinajstić information content (AvgIpc) is 2.94.